The highest BCUT2D eigenvalue weighted by Crippen LogP contribution is 2.37. The van der Waals surface area contributed by atoms with Crippen LogP contribution in [-0.4, -0.2) is 22.4 Å². The molecule has 0 bridgehead atoms. The molecule has 2 aromatic heterocycles. The predicted molar refractivity (Wildman–Crippen MR) is 112 cm³/mol. The van der Waals surface area contributed by atoms with Gasteiger partial charge in [-0.1, -0.05) is 25.1 Å². The smallest absolute Gasteiger partial charge is 0.373 e. The first-order valence-corrected chi connectivity index (χ1v) is 10.3. The number of alkyl halides is 3. The van der Waals surface area contributed by atoms with E-state index >= 15 is 0 Å². The molecular weight excluding hydrogens is 397 g/mol. The number of anilines is 1. The van der Waals surface area contributed by atoms with Crippen LogP contribution in [0.1, 0.15) is 28.5 Å². The maximum absolute atomic E-state index is 13.0. The molecule has 0 radical (unpaired) electrons. The zero-order valence-electron chi connectivity index (χ0n) is 16.7. The summed E-state index contributed by atoms with van der Waals surface area (Å²) in [4.78, 5) is 1.23. The van der Waals surface area contributed by atoms with Gasteiger partial charge in [-0.25, -0.2) is 0 Å². The summed E-state index contributed by atoms with van der Waals surface area (Å²) in [5.41, 5.74) is 9.20. The van der Waals surface area contributed by atoms with Crippen LogP contribution in [0.2, 0.25) is 0 Å². The normalized spacial score (nSPS) is 12.9. The van der Waals surface area contributed by atoms with Crippen molar-refractivity contribution in [1.29, 1.82) is 0 Å². The van der Waals surface area contributed by atoms with E-state index in [1.165, 1.54) is 17.0 Å². The van der Waals surface area contributed by atoms with Gasteiger partial charge < -0.3 is 11.1 Å². The summed E-state index contributed by atoms with van der Waals surface area (Å²) in [5.74, 6) is 0. The van der Waals surface area contributed by atoms with Crippen LogP contribution in [0.25, 0.3) is 11.3 Å². The molecule has 0 saturated heterocycles. The Bertz CT molecular complexity index is 955. The molecule has 0 amide bonds. The molecule has 0 spiro atoms. The molecule has 3 N–H and O–H groups in total. The summed E-state index contributed by atoms with van der Waals surface area (Å²) < 4.78 is 40.8. The van der Waals surface area contributed by atoms with Crippen molar-refractivity contribution in [2.24, 2.45) is 12.8 Å². The number of hydrogen-bond acceptors (Lipinski definition) is 4. The fourth-order valence-electron chi connectivity index (χ4n) is 3.45. The standard InChI is InChI=1S/C21H25F3N4S/c1-4-18-17(20-13(2)12-26-28(20)3)10-19(29-18)27-16(11-25)9-14-6-5-7-15(8-14)21(22,23)24/h5-8,10,12,16,27H,4,9,11,25H2,1-3H3/t16-/m0/s1. The van der Waals surface area contributed by atoms with Crippen LogP contribution >= 0.6 is 11.3 Å². The highest BCUT2D eigenvalue weighted by molar-refractivity contribution is 7.16. The van der Waals surface area contributed by atoms with Crippen LogP contribution < -0.4 is 11.1 Å². The Labute approximate surface area is 172 Å². The number of thiophene rings is 1. The second kappa shape index (κ2) is 8.59. The van der Waals surface area contributed by atoms with Crippen molar-refractivity contribution in [2.75, 3.05) is 11.9 Å². The summed E-state index contributed by atoms with van der Waals surface area (Å²) in [5, 5.41) is 8.70. The summed E-state index contributed by atoms with van der Waals surface area (Å²) in [6.07, 6.45) is -1.20. The minimum absolute atomic E-state index is 0.165. The Morgan fingerprint density at radius 2 is 2.03 bits per heavy atom. The van der Waals surface area contributed by atoms with Crippen LogP contribution in [0, 0.1) is 6.92 Å². The number of nitrogens with two attached hydrogens (primary N) is 1. The molecule has 4 nitrogen and oxygen atoms in total. The van der Waals surface area contributed by atoms with E-state index in [0.717, 1.165) is 34.3 Å². The monoisotopic (exact) mass is 422 g/mol. The van der Waals surface area contributed by atoms with E-state index in [2.05, 4.69) is 23.4 Å². The third kappa shape index (κ3) is 4.82. The van der Waals surface area contributed by atoms with E-state index in [0.29, 0.717) is 18.5 Å². The molecule has 3 aromatic rings. The molecule has 3 rings (SSSR count). The Morgan fingerprint density at radius 1 is 1.28 bits per heavy atom. The molecule has 0 aliphatic rings. The first kappa shape index (κ1) is 21.4. The third-order valence-corrected chi connectivity index (χ3v) is 6.08. The van der Waals surface area contributed by atoms with Gasteiger partial charge in [0.05, 0.1) is 22.5 Å². The number of nitrogens with zero attached hydrogens (tertiary/aromatic N) is 2. The van der Waals surface area contributed by atoms with E-state index in [-0.39, 0.29) is 6.04 Å². The minimum atomic E-state index is -4.35. The first-order valence-electron chi connectivity index (χ1n) is 9.47. The molecule has 1 aromatic carbocycles. The van der Waals surface area contributed by atoms with Crippen molar-refractivity contribution in [3.8, 4) is 11.3 Å². The maximum atomic E-state index is 13.0. The molecule has 29 heavy (non-hydrogen) atoms. The Hall–Kier alpha value is -2.32. The van der Waals surface area contributed by atoms with Gasteiger partial charge in [-0.15, -0.1) is 11.3 Å². The molecule has 0 aliphatic heterocycles. The van der Waals surface area contributed by atoms with Gasteiger partial charge in [0, 0.05) is 30.1 Å². The number of benzene rings is 1. The molecule has 0 aliphatic carbocycles. The number of halogens is 3. The van der Waals surface area contributed by atoms with Crippen molar-refractivity contribution in [3.63, 3.8) is 0 Å². The maximum Gasteiger partial charge on any atom is 0.416 e. The molecular formula is C21H25F3N4S. The van der Waals surface area contributed by atoms with Crippen molar-refractivity contribution in [1.82, 2.24) is 9.78 Å². The Balaban J connectivity index is 1.82. The van der Waals surface area contributed by atoms with Crippen LogP contribution in [0.15, 0.2) is 36.5 Å². The fraction of sp³-hybridized carbons (Fsp3) is 0.381. The SMILES string of the molecule is CCc1sc(N[C@H](CN)Cc2cccc(C(F)(F)F)c2)cc1-c1c(C)cnn1C. The van der Waals surface area contributed by atoms with Crippen molar-refractivity contribution in [2.45, 2.75) is 38.9 Å². The van der Waals surface area contributed by atoms with Gasteiger partial charge in [0.25, 0.3) is 0 Å². The van der Waals surface area contributed by atoms with E-state index in [9.17, 15) is 13.2 Å². The van der Waals surface area contributed by atoms with Crippen LogP contribution in [0.4, 0.5) is 18.2 Å². The second-order valence-corrected chi connectivity index (χ2v) is 8.22. The van der Waals surface area contributed by atoms with Crippen molar-refractivity contribution in [3.05, 3.63) is 58.1 Å². The lowest BCUT2D eigenvalue weighted by Crippen LogP contribution is -2.30. The number of hydrogen-bond donors (Lipinski definition) is 2. The van der Waals surface area contributed by atoms with Crippen LogP contribution in [0.3, 0.4) is 0 Å². The van der Waals surface area contributed by atoms with Crippen LogP contribution in [0.5, 0.6) is 0 Å². The summed E-state index contributed by atoms with van der Waals surface area (Å²) in [7, 11) is 1.92. The largest absolute Gasteiger partial charge is 0.416 e. The van der Waals surface area contributed by atoms with E-state index in [4.69, 9.17) is 5.73 Å². The van der Waals surface area contributed by atoms with Gasteiger partial charge in [0.2, 0.25) is 0 Å². The molecule has 2 heterocycles. The summed E-state index contributed by atoms with van der Waals surface area (Å²) in [6, 6.07) is 7.35. The Kier molecular flexibility index (Phi) is 6.33. The minimum Gasteiger partial charge on any atom is -0.373 e. The zero-order chi connectivity index (χ0) is 21.2. The second-order valence-electron chi connectivity index (χ2n) is 7.08. The quantitative estimate of drug-likeness (QED) is 0.562. The molecule has 1 atom stereocenters. The molecule has 156 valence electrons. The summed E-state index contributed by atoms with van der Waals surface area (Å²) in [6.45, 7) is 4.45. The fourth-order valence-corrected chi connectivity index (χ4v) is 4.53. The van der Waals surface area contributed by atoms with Gasteiger partial charge in [-0.3, -0.25) is 4.68 Å². The highest BCUT2D eigenvalue weighted by Gasteiger charge is 2.30. The lowest BCUT2D eigenvalue weighted by atomic mass is 10.0. The van der Waals surface area contributed by atoms with E-state index in [1.54, 1.807) is 17.4 Å². The molecule has 0 saturated carbocycles. The average Bonchev–Trinajstić information content (AvgIpc) is 3.22. The number of rotatable bonds is 7. The topological polar surface area (TPSA) is 55.9 Å². The van der Waals surface area contributed by atoms with E-state index in [1.807, 2.05) is 24.9 Å². The van der Waals surface area contributed by atoms with Crippen LogP contribution in [-0.2, 0) is 26.1 Å². The predicted octanol–water partition coefficient (Wildman–Crippen LogP) is 5.02. The third-order valence-electron chi connectivity index (χ3n) is 4.87. The number of nitrogens with one attached hydrogen (secondary N) is 1. The lowest BCUT2D eigenvalue weighted by molar-refractivity contribution is -0.137. The molecule has 8 heteroatoms. The zero-order valence-corrected chi connectivity index (χ0v) is 17.5. The molecule has 0 fully saturated rings. The van der Waals surface area contributed by atoms with E-state index < -0.39 is 11.7 Å². The van der Waals surface area contributed by atoms with Gasteiger partial charge in [-0.2, -0.15) is 18.3 Å². The van der Waals surface area contributed by atoms with Gasteiger partial charge in [0.1, 0.15) is 0 Å². The lowest BCUT2D eigenvalue weighted by Gasteiger charge is -2.18. The van der Waals surface area contributed by atoms with Crippen molar-refractivity contribution < 1.29 is 13.2 Å². The van der Waals surface area contributed by atoms with Gasteiger partial charge >= 0.3 is 6.18 Å². The number of aromatic nitrogens is 2. The first-order chi connectivity index (χ1) is 13.7. The average molecular weight is 423 g/mol. The Morgan fingerprint density at radius 3 is 2.62 bits per heavy atom. The number of aryl methyl sites for hydroxylation is 3. The highest BCUT2D eigenvalue weighted by atomic mass is 32.1. The van der Waals surface area contributed by atoms with Gasteiger partial charge in [0.15, 0.2) is 0 Å². The molecule has 0 unspecified atom stereocenters. The van der Waals surface area contributed by atoms with Gasteiger partial charge in [-0.05, 0) is 43.0 Å². The van der Waals surface area contributed by atoms with Crippen molar-refractivity contribution >= 4 is 16.3 Å². The summed E-state index contributed by atoms with van der Waals surface area (Å²) >= 11 is 1.65.